The fourth-order valence-corrected chi connectivity index (χ4v) is 2.56. The van der Waals surface area contributed by atoms with Gasteiger partial charge in [-0.05, 0) is 25.0 Å². The third kappa shape index (κ3) is 2.14. The number of fused-ring (bicyclic) bond motifs is 1. The molecule has 0 radical (unpaired) electrons. The summed E-state index contributed by atoms with van der Waals surface area (Å²) in [5, 5.41) is 8.65. The van der Waals surface area contributed by atoms with Crippen LogP contribution in [0, 0.1) is 0 Å². The second-order valence-corrected chi connectivity index (χ2v) is 5.32. The Hall–Kier alpha value is -1.16. The summed E-state index contributed by atoms with van der Waals surface area (Å²) >= 11 is 3.45. The molecule has 0 saturated heterocycles. The molecule has 0 spiro atoms. The summed E-state index contributed by atoms with van der Waals surface area (Å²) in [6.45, 7) is 1.05. The number of aryl methyl sites for hydroxylation is 1. The fraction of sp³-hybridized carbons (Fsp3) is 0.385. The van der Waals surface area contributed by atoms with Gasteiger partial charge >= 0.3 is 0 Å². The molecular formula is C13H14BrN3. The number of rotatable bonds is 1. The van der Waals surface area contributed by atoms with E-state index in [0.29, 0.717) is 0 Å². The van der Waals surface area contributed by atoms with E-state index in [9.17, 15) is 0 Å². The summed E-state index contributed by atoms with van der Waals surface area (Å²) in [6, 6.07) is 8.28. The highest BCUT2D eigenvalue weighted by Crippen LogP contribution is 2.23. The van der Waals surface area contributed by atoms with Crippen molar-refractivity contribution in [3.8, 4) is 11.4 Å². The van der Waals surface area contributed by atoms with Crippen molar-refractivity contribution in [3.05, 3.63) is 34.6 Å². The van der Waals surface area contributed by atoms with Crippen LogP contribution in [0.15, 0.2) is 28.7 Å². The molecular weight excluding hydrogens is 278 g/mol. The molecule has 2 aromatic rings. The number of hydrogen-bond donors (Lipinski definition) is 0. The topological polar surface area (TPSA) is 30.7 Å². The lowest BCUT2D eigenvalue weighted by Gasteiger charge is -2.06. The Labute approximate surface area is 109 Å². The van der Waals surface area contributed by atoms with Gasteiger partial charge < -0.3 is 4.57 Å². The minimum Gasteiger partial charge on any atom is -0.311 e. The fourth-order valence-electron chi connectivity index (χ4n) is 2.30. The zero-order valence-corrected chi connectivity index (χ0v) is 11.2. The highest BCUT2D eigenvalue weighted by molar-refractivity contribution is 9.10. The zero-order valence-electron chi connectivity index (χ0n) is 9.56. The maximum Gasteiger partial charge on any atom is 0.163 e. The second kappa shape index (κ2) is 4.61. The molecule has 4 heteroatoms. The molecule has 88 valence electrons. The van der Waals surface area contributed by atoms with E-state index < -0.39 is 0 Å². The van der Waals surface area contributed by atoms with Gasteiger partial charge in [0.05, 0.1) is 0 Å². The van der Waals surface area contributed by atoms with E-state index in [-0.39, 0.29) is 0 Å². The molecule has 0 N–H and O–H groups in total. The number of hydrogen-bond acceptors (Lipinski definition) is 2. The first-order chi connectivity index (χ1) is 8.34. The molecule has 0 saturated carbocycles. The van der Waals surface area contributed by atoms with E-state index in [0.717, 1.165) is 34.7 Å². The summed E-state index contributed by atoms with van der Waals surface area (Å²) in [4.78, 5) is 0. The van der Waals surface area contributed by atoms with E-state index >= 15 is 0 Å². The van der Waals surface area contributed by atoms with Crippen molar-refractivity contribution >= 4 is 15.9 Å². The standard InChI is InChI=1S/C13H14BrN3/c14-11-7-5-10(6-8-11)13-16-15-12-4-2-1-3-9-17(12)13/h5-8H,1-4,9H2. The third-order valence-corrected chi connectivity index (χ3v) is 3.74. The molecule has 1 aromatic carbocycles. The van der Waals surface area contributed by atoms with E-state index in [2.05, 4.69) is 42.8 Å². The molecule has 3 nitrogen and oxygen atoms in total. The second-order valence-electron chi connectivity index (χ2n) is 4.41. The van der Waals surface area contributed by atoms with Crippen LogP contribution in [-0.4, -0.2) is 14.8 Å². The normalized spacial score (nSPS) is 15.4. The number of aromatic nitrogens is 3. The van der Waals surface area contributed by atoms with Crippen LogP contribution in [-0.2, 0) is 13.0 Å². The number of benzene rings is 1. The number of halogens is 1. The maximum absolute atomic E-state index is 4.34. The van der Waals surface area contributed by atoms with Gasteiger partial charge in [0.25, 0.3) is 0 Å². The van der Waals surface area contributed by atoms with Gasteiger partial charge in [-0.3, -0.25) is 0 Å². The summed E-state index contributed by atoms with van der Waals surface area (Å²) < 4.78 is 3.37. The average Bonchev–Trinajstić information content (AvgIpc) is 2.60. The predicted octanol–water partition coefficient (Wildman–Crippen LogP) is 3.43. The Balaban J connectivity index is 2.03. The minimum absolute atomic E-state index is 1.01. The zero-order chi connectivity index (χ0) is 11.7. The Kier molecular flexibility index (Phi) is 2.97. The molecule has 0 fully saturated rings. The quantitative estimate of drug-likeness (QED) is 0.806. The molecule has 1 aliphatic heterocycles. The molecule has 0 atom stereocenters. The monoisotopic (exact) mass is 291 g/mol. The van der Waals surface area contributed by atoms with E-state index in [1.807, 2.05) is 12.1 Å². The molecule has 1 aromatic heterocycles. The molecule has 3 rings (SSSR count). The van der Waals surface area contributed by atoms with Gasteiger partial charge in [0.15, 0.2) is 5.82 Å². The van der Waals surface area contributed by atoms with Gasteiger partial charge in [0.2, 0.25) is 0 Å². The van der Waals surface area contributed by atoms with Gasteiger partial charge in [0.1, 0.15) is 5.82 Å². The molecule has 1 aliphatic rings. The van der Waals surface area contributed by atoms with Gasteiger partial charge in [-0.15, -0.1) is 10.2 Å². The molecule has 0 amide bonds. The molecule has 2 heterocycles. The first-order valence-electron chi connectivity index (χ1n) is 6.02. The van der Waals surface area contributed by atoms with Crippen molar-refractivity contribution in [1.82, 2.24) is 14.8 Å². The predicted molar refractivity (Wildman–Crippen MR) is 70.7 cm³/mol. The first-order valence-corrected chi connectivity index (χ1v) is 6.82. The van der Waals surface area contributed by atoms with Crippen molar-refractivity contribution in [1.29, 1.82) is 0 Å². The van der Waals surface area contributed by atoms with Crippen LogP contribution in [0.25, 0.3) is 11.4 Å². The van der Waals surface area contributed by atoms with Crippen LogP contribution >= 0.6 is 15.9 Å². The average molecular weight is 292 g/mol. The van der Waals surface area contributed by atoms with E-state index in [1.165, 1.54) is 19.3 Å². The lowest BCUT2D eigenvalue weighted by atomic mass is 10.2. The van der Waals surface area contributed by atoms with Crippen LogP contribution in [0.3, 0.4) is 0 Å². The Bertz CT molecular complexity index is 516. The smallest absolute Gasteiger partial charge is 0.163 e. The highest BCUT2D eigenvalue weighted by Gasteiger charge is 2.15. The molecule has 0 bridgehead atoms. The molecule has 17 heavy (non-hydrogen) atoms. The van der Waals surface area contributed by atoms with Crippen LogP contribution < -0.4 is 0 Å². The van der Waals surface area contributed by atoms with Gasteiger partial charge in [-0.1, -0.05) is 34.5 Å². The minimum atomic E-state index is 1.01. The Morgan fingerprint density at radius 1 is 1.00 bits per heavy atom. The number of nitrogens with zero attached hydrogens (tertiary/aromatic N) is 3. The lowest BCUT2D eigenvalue weighted by molar-refractivity contribution is 0.636. The van der Waals surface area contributed by atoms with Crippen LogP contribution in [0.1, 0.15) is 25.1 Å². The van der Waals surface area contributed by atoms with Crippen molar-refractivity contribution in [2.24, 2.45) is 0 Å². The Morgan fingerprint density at radius 3 is 2.65 bits per heavy atom. The van der Waals surface area contributed by atoms with Crippen LogP contribution in [0.2, 0.25) is 0 Å². The largest absolute Gasteiger partial charge is 0.311 e. The van der Waals surface area contributed by atoms with E-state index in [4.69, 9.17) is 0 Å². The van der Waals surface area contributed by atoms with Gasteiger partial charge in [-0.25, -0.2) is 0 Å². The SMILES string of the molecule is Brc1ccc(-c2nnc3n2CCCCC3)cc1. The van der Waals surface area contributed by atoms with E-state index in [1.54, 1.807) is 0 Å². The van der Waals surface area contributed by atoms with Gasteiger partial charge in [0, 0.05) is 23.0 Å². The van der Waals surface area contributed by atoms with Crippen molar-refractivity contribution in [3.63, 3.8) is 0 Å². The first kappa shape index (κ1) is 11.0. The summed E-state index contributed by atoms with van der Waals surface area (Å²) in [7, 11) is 0. The third-order valence-electron chi connectivity index (χ3n) is 3.21. The lowest BCUT2D eigenvalue weighted by Crippen LogP contribution is -2.02. The van der Waals surface area contributed by atoms with Gasteiger partial charge in [-0.2, -0.15) is 0 Å². The van der Waals surface area contributed by atoms with Crippen molar-refractivity contribution < 1.29 is 0 Å². The van der Waals surface area contributed by atoms with Crippen LogP contribution in [0.5, 0.6) is 0 Å². The highest BCUT2D eigenvalue weighted by atomic mass is 79.9. The van der Waals surface area contributed by atoms with Crippen molar-refractivity contribution in [2.75, 3.05) is 0 Å². The van der Waals surface area contributed by atoms with Crippen molar-refractivity contribution in [2.45, 2.75) is 32.2 Å². The maximum atomic E-state index is 4.34. The molecule has 0 unspecified atom stereocenters. The van der Waals surface area contributed by atoms with Crippen LogP contribution in [0.4, 0.5) is 0 Å². The summed E-state index contributed by atoms with van der Waals surface area (Å²) in [5.41, 5.74) is 1.15. The summed E-state index contributed by atoms with van der Waals surface area (Å²) in [5.74, 6) is 2.15. The summed E-state index contributed by atoms with van der Waals surface area (Å²) in [6.07, 6.45) is 4.82. The Morgan fingerprint density at radius 2 is 1.82 bits per heavy atom. The molecule has 0 aliphatic carbocycles.